The topological polar surface area (TPSA) is 43.6 Å². The summed E-state index contributed by atoms with van der Waals surface area (Å²) in [6.45, 7) is 0. The van der Waals surface area contributed by atoms with Crippen LogP contribution in [-0.2, 0) is 0 Å². The van der Waals surface area contributed by atoms with Crippen LogP contribution in [0.4, 0.5) is 0 Å². The lowest BCUT2D eigenvalue weighted by Gasteiger charge is -2.20. The fraction of sp³-hybridized carbons (Fsp3) is 0. The van der Waals surface area contributed by atoms with Gasteiger partial charge in [-0.15, -0.1) is 11.3 Å². The van der Waals surface area contributed by atoms with Crippen molar-refractivity contribution in [1.82, 2.24) is 19.5 Å². The minimum Gasteiger partial charge on any atom is -0.308 e. The lowest BCUT2D eigenvalue weighted by Crippen LogP contribution is -2.03. The highest BCUT2D eigenvalue weighted by Crippen LogP contribution is 2.45. The summed E-state index contributed by atoms with van der Waals surface area (Å²) in [5, 5.41) is 9.38. The highest BCUT2D eigenvalue weighted by Gasteiger charge is 2.24. The Morgan fingerprint density at radius 3 is 1.70 bits per heavy atom. The predicted octanol–water partition coefficient (Wildman–Crippen LogP) is 16.0. The summed E-state index contributed by atoms with van der Waals surface area (Å²) in [7, 11) is 0. The van der Waals surface area contributed by atoms with Crippen LogP contribution in [0.15, 0.2) is 218 Å². The second kappa shape index (κ2) is 14.7. The van der Waals surface area contributed by atoms with Gasteiger partial charge in [0.2, 0.25) is 0 Å². The number of thiophene rings is 1. The molecule has 10 aromatic carbocycles. The molecule has 0 bridgehead atoms. The zero-order valence-electron chi connectivity index (χ0n) is 34.5. The van der Waals surface area contributed by atoms with Gasteiger partial charge in [0.05, 0.1) is 16.7 Å². The molecule has 0 aliphatic heterocycles. The molecule has 0 fully saturated rings. The van der Waals surface area contributed by atoms with Gasteiger partial charge in [-0.2, -0.15) is 0 Å². The van der Waals surface area contributed by atoms with Gasteiger partial charge in [0.1, 0.15) is 0 Å². The van der Waals surface area contributed by atoms with Crippen LogP contribution < -0.4 is 0 Å². The van der Waals surface area contributed by atoms with Crippen LogP contribution in [0, 0.1) is 0 Å². The van der Waals surface area contributed by atoms with Gasteiger partial charge in [-0.05, 0) is 75.3 Å². The summed E-state index contributed by atoms with van der Waals surface area (Å²) in [5.41, 5.74) is 10.8. The molecule has 13 rings (SSSR count). The molecule has 0 atom stereocenters. The first-order valence-electron chi connectivity index (χ1n) is 21.6. The Morgan fingerprint density at radius 2 is 0.891 bits per heavy atom. The molecule has 3 heterocycles. The van der Waals surface area contributed by atoms with Crippen molar-refractivity contribution in [2.45, 2.75) is 0 Å². The van der Waals surface area contributed by atoms with Gasteiger partial charge in [-0.25, -0.2) is 15.0 Å². The first kappa shape index (κ1) is 36.4. The van der Waals surface area contributed by atoms with E-state index in [4.69, 9.17) is 15.0 Å². The molecule has 0 radical (unpaired) electrons. The Hall–Kier alpha value is -8.25. The number of benzene rings is 10. The van der Waals surface area contributed by atoms with E-state index in [-0.39, 0.29) is 0 Å². The zero-order chi connectivity index (χ0) is 42.1. The van der Waals surface area contributed by atoms with Crippen molar-refractivity contribution in [2.75, 3.05) is 0 Å². The molecule has 5 heteroatoms. The molecule has 298 valence electrons. The molecule has 0 aliphatic carbocycles. The smallest absolute Gasteiger partial charge is 0.164 e. The van der Waals surface area contributed by atoms with E-state index in [1.807, 2.05) is 18.2 Å². The fourth-order valence-electron chi connectivity index (χ4n) is 9.69. The van der Waals surface area contributed by atoms with Gasteiger partial charge in [0.25, 0.3) is 0 Å². The van der Waals surface area contributed by atoms with Crippen molar-refractivity contribution >= 4 is 74.9 Å². The number of para-hydroxylation sites is 1. The van der Waals surface area contributed by atoms with E-state index in [9.17, 15) is 0 Å². The fourth-order valence-corrected chi connectivity index (χ4v) is 10.8. The van der Waals surface area contributed by atoms with Crippen LogP contribution in [0.5, 0.6) is 0 Å². The predicted molar refractivity (Wildman–Crippen MR) is 269 cm³/mol. The van der Waals surface area contributed by atoms with Gasteiger partial charge in [-0.3, -0.25) is 0 Å². The van der Waals surface area contributed by atoms with Crippen molar-refractivity contribution in [3.8, 4) is 62.1 Å². The summed E-state index contributed by atoms with van der Waals surface area (Å²) in [6.07, 6.45) is 0. The van der Waals surface area contributed by atoms with Crippen LogP contribution in [0.1, 0.15) is 0 Å². The van der Waals surface area contributed by atoms with Crippen LogP contribution in [-0.4, -0.2) is 19.5 Å². The van der Waals surface area contributed by atoms with Crippen molar-refractivity contribution in [1.29, 1.82) is 0 Å². The monoisotopic (exact) mass is 832 g/mol. The number of hydrogen-bond donors (Lipinski definition) is 0. The molecule has 0 amide bonds. The third kappa shape index (κ3) is 5.86. The van der Waals surface area contributed by atoms with Gasteiger partial charge >= 0.3 is 0 Å². The quantitative estimate of drug-likeness (QED) is 0.168. The molecule has 3 aromatic heterocycles. The molecular formula is C59H36N4S. The highest BCUT2D eigenvalue weighted by atomic mass is 32.1. The van der Waals surface area contributed by atoms with E-state index in [1.165, 1.54) is 41.9 Å². The first-order valence-corrected chi connectivity index (χ1v) is 22.4. The zero-order valence-corrected chi connectivity index (χ0v) is 35.3. The van der Waals surface area contributed by atoms with E-state index in [0.29, 0.717) is 17.5 Å². The summed E-state index contributed by atoms with van der Waals surface area (Å²) in [6, 6.07) is 78.2. The molecule has 4 nitrogen and oxygen atoms in total. The highest BCUT2D eigenvalue weighted by molar-refractivity contribution is 7.25. The Morgan fingerprint density at radius 1 is 0.312 bits per heavy atom. The molecule has 0 unspecified atom stereocenters. The standard InChI is InChI=1S/C59H36N4S/c1-3-17-37(18-4-1)39-23-15-24-42(33-39)48-36-50(43-25-9-10-27-45(43)56(48)63-51-30-13-11-26-44(51)49-34-40-21-7-8-22-41(40)35-52(49)63)59-61-57(38-19-5-2-6-20-38)60-58(62-59)47-29-16-32-54-55(47)46-28-12-14-31-53(46)64-54/h1-36H. The van der Waals surface area contributed by atoms with Crippen molar-refractivity contribution in [3.05, 3.63) is 218 Å². The normalized spacial score (nSPS) is 11.8. The van der Waals surface area contributed by atoms with Crippen molar-refractivity contribution < 1.29 is 0 Å². The van der Waals surface area contributed by atoms with E-state index in [2.05, 4.69) is 205 Å². The summed E-state index contributed by atoms with van der Waals surface area (Å²) in [5.74, 6) is 1.90. The molecule has 0 saturated heterocycles. The number of rotatable bonds is 6. The van der Waals surface area contributed by atoms with Gasteiger partial charge in [0.15, 0.2) is 17.5 Å². The van der Waals surface area contributed by atoms with E-state index >= 15 is 0 Å². The Balaban J connectivity index is 1.15. The molecule has 64 heavy (non-hydrogen) atoms. The maximum Gasteiger partial charge on any atom is 0.164 e. The molecule has 0 N–H and O–H groups in total. The Kier molecular flexibility index (Phi) is 8.36. The second-order valence-corrected chi connectivity index (χ2v) is 17.4. The number of hydrogen-bond acceptors (Lipinski definition) is 4. The lowest BCUT2D eigenvalue weighted by atomic mass is 9.92. The average Bonchev–Trinajstić information content (AvgIpc) is 3.91. The number of nitrogens with zero attached hydrogens (tertiary/aromatic N) is 4. The van der Waals surface area contributed by atoms with Crippen LogP contribution in [0.3, 0.4) is 0 Å². The summed E-state index contributed by atoms with van der Waals surface area (Å²) in [4.78, 5) is 16.1. The summed E-state index contributed by atoms with van der Waals surface area (Å²) >= 11 is 1.80. The first-order chi connectivity index (χ1) is 31.7. The van der Waals surface area contributed by atoms with Crippen molar-refractivity contribution in [3.63, 3.8) is 0 Å². The van der Waals surface area contributed by atoms with E-state index in [0.717, 1.165) is 66.3 Å². The van der Waals surface area contributed by atoms with Gasteiger partial charge < -0.3 is 4.57 Å². The maximum atomic E-state index is 5.49. The third-order valence-electron chi connectivity index (χ3n) is 12.6. The minimum atomic E-state index is 0.622. The largest absolute Gasteiger partial charge is 0.308 e. The van der Waals surface area contributed by atoms with Crippen molar-refractivity contribution in [2.24, 2.45) is 0 Å². The van der Waals surface area contributed by atoms with Crippen LogP contribution in [0.2, 0.25) is 0 Å². The maximum absolute atomic E-state index is 5.49. The molecular weight excluding hydrogens is 797 g/mol. The second-order valence-electron chi connectivity index (χ2n) is 16.3. The minimum absolute atomic E-state index is 0.622. The molecule has 0 spiro atoms. The Labute approximate surface area is 373 Å². The average molecular weight is 833 g/mol. The Bertz CT molecular complexity index is 3960. The lowest BCUT2D eigenvalue weighted by molar-refractivity contribution is 1.08. The number of fused-ring (bicyclic) bond motifs is 8. The van der Waals surface area contributed by atoms with Crippen LogP contribution in [0.25, 0.3) is 126 Å². The number of aromatic nitrogens is 4. The molecule has 0 saturated carbocycles. The van der Waals surface area contributed by atoms with Crippen LogP contribution >= 0.6 is 11.3 Å². The molecule has 13 aromatic rings. The van der Waals surface area contributed by atoms with E-state index < -0.39 is 0 Å². The SMILES string of the molecule is c1ccc(-c2cccc(-c3cc(-c4nc(-c5ccccc5)nc(-c5cccc6sc7ccccc7c56)n4)c4ccccc4c3-n3c4ccccc4c4cc5ccccc5cc43)c2)cc1. The summed E-state index contributed by atoms with van der Waals surface area (Å²) < 4.78 is 4.94. The van der Waals surface area contributed by atoms with Gasteiger partial charge in [0, 0.05) is 58.6 Å². The third-order valence-corrected chi connectivity index (χ3v) is 13.7. The van der Waals surface area contributed by atoms with E-state index in [1.54, 1.807) is 11.3 Å². The molecule has 0 aliphatic rings. The van der Waals surface area contributed by atoms with Gasteiger partial charge in [-0.1, -0.05) is 176 Å².